The average molecular weight is 320 g/mol. The predicted molar refractivity (Wildman–Crippen MR) is 94.7 cm³/mol. The van der Waals surface area contributed by atoms with Crippen molar-refractivity contribution in [1.29, 1.82) is 5.41 Å². The quantitative estimate of drug-likeness (QED) is 0.863. The molecule has 1 aromatic heterocycles. The highest BCUT2D eigenvalue weighted by atomic mass is 16.5. The van der Waals surface area contributed by atoms with Crippen LogP contribution in [0.4, 0.5) is 0 Å². The van der Waals surface area contributed by atoms with Gasteiger partial charge in [0.05, 0.1) is 12.8 Å². The molecule has 4 heteroatoms. The Hall–Kier alpha value is -2.75. The summed E-state index contributed by atoms with van der Waals surface area (Å²) in [6.07, 6.45) is 2.76. The third kappa shape index (κ3) is 3.00. The lowest BCUT2D eigenvalue weighted by atomic mass is 9.77. The van der Waals surface area contributed by atoms with E-state index < -0.39 is 0 Å². The Kier molecular flexibility index (Phi) is 4.56. The van der Waals surface area contributed by atoms with Gasteiger partial charge in [0, 0.05) is 29.3 Å². The van der Waals surface area contributed by atoms with Crippen molar-refractivity contribution in [2.24, 2.45) is 0 Å². The molecule has 0 amide bonds. The van der Waals surface area contributed by atoms with Crippen LogP contribution >= 0.6 is 0 Å². The first-order chi connectivity index (χ1) is 11.6. The maximum atomic E-state index is 12.3. The number of nitrogens with one attached hydrogen (secondary N) is 1. The summed E-state index contributed by atoms with van der Waals surface area (Å²) in [5, 5.41) is 8.17. The van der Waals surface area contributed by atoms with Crippen molar-refractivity contribution in [2.75, 3.05) is 7.11 Å². The number of carbonyl (C=O) groups excluding carboxylic acids is 1. The van der Waals surface area contributed by atoms with Gasteiger partial charge in [0.2, 0.25) is 5.88 Å². The van der Waals surface area contributed by atoms with Crippen LogP contribution in [0.2, 0.25) is 0 Å². The molecule has 4 nitrogen and oxygen atoms in total. The molecule has 0 aliphatic heterocycles. The van der Waals surface area contributed by atoms with E-state index >= 15 is 0 Å². The molecular formula is C20H20N2O2. The number of rotatable bonds is 3. The van der Waals surface area contributed by atoms with E-state index in [1.165, 1.54) is 0 Å². The number of carbonyl (C=O) groups is 1. The third-order valence-electron chi connectivity index (χ3n) is 4.41. The van der Waals surface area contributed by atoms with Gasteiger partial charge in [-0.1, -0.05) is 36.4 Å². The standard InChI is InChI=1S/C20H20N2O2/c1-3-14-17(21)11-13(12-19(14)23)15-7-4-5-8-16(15)18-9-6-10-20(22-18)24-2/h3-10,13,21H,11-12H2,1-2H3/b14-3+,21-17?. The van der Waals surface area contributed by atoms with E-state index in [4.69, 9.17) is 10.1 Å². The maximum Gasteiger partial charge on any atom is 0.213 e. The number of hydrogen-bond acceptors (Lipinski definition) is 4. The second-order valence-corrected chi connectivity index (χ2v) is 5.86. The zero-order valence-electron chi connectivity index (χ0n) is 13.9. The Labute approximate surface area is 141 Å². The highest BCUT2D eigenvalue weighted by Gasteiger charge is 2.29. The molecule has 1 aliphatic carbocycles. The monoisotopic (exact) mass is 320 g/mol. The van der Waals surface area contributed by atoms with Crippen molar-refractivity contribution >= 4 is 11.5 Å². The molecule has 2 aromatic rings. The lowest BCUT2D eigenvalue weighted by Gasteiger charge is -2.25. The molecule has 3 rings (SSSR count). The van der Waals surface area contributed by atoms with Gasteiger partial charge in [-0.3, -0.25) is 4.79 Å². The highest BCUT2D eigenvalue weighted by Crippen LogP contribution is 2.37. The number of pyridine rings is 1. The van der Waals surface area contributed by atoms with Crippen LogP contribution in [0.5, 0.6) is 5.88 Å². The number of methoxy groups -OCH3 is 1. The highest BCUT2D eigenvalue weighted by molar-refractivity contribution is 6.23. The minimum atomic E-state index is 0.0119. The summed E-state index contributed by atoms with van der Waals surface area (Å²) in [4.78, 5) is 16.8. The van der Waals surface area contributed by atoms with Crippen LogP contribution in [-0.2, 0) is 4.79 Å². The molecule has 1 heterocycles. The fourth-order valence-corrected chi connectivity index (χ4v) is 3.25. The normalized spacial score (nSPS) is 19.6. The van der Waals surface area contributed by atoms with Crippen LogP contribution in [0.25, 0.3) is 11.3 Å². The van der Waals surface area contributed by atoms with E-state index in [9.17, 15) is 4.79 Å². The summed E-state index contributed by atoms with van der Waals surface area (Å²) in [5.41, 5.74) is 3.86. The summed E-state index contributed by atoms with van der Waals surface area (Å²) in [6, 6.07) is 13.6. The molecule has 24 heavy (non-hydrogen) atoms. The first-order valence-electron chi connectivity index (χ1n) is 8.01. The number of ketones is 1. The molecule has 1 aromatic carbocycles. The number of benzene rings is 1. The lowest BCUT2D eigenvalue weighted by molar-refractivity contribution is -0.115. The second-order valence-electron chi connectivity index (χ2n) is 5.86. The number of Topliss-reactive ketones (excluding diaryl/α,β-unsaturated/α-hetero) is 1. The van der Waals surface area contributed by atoms with Gasteiger partial charge < -0.3 is 10.1 Å². The fourth-order valence-electron chi connectivity index (χ4n) is 3.25. The number of hydrogen-bond donors (Lipinski definition) is 1. The lowest BCUT2D eigenvalue weighted by Crippen LogP contribution is -2.24. The van der Waals surface area contributed by atoms with Crippen LogP contribution in [0.15, 0.2) is 54.1 Å². The van der Waals surface area contributed by atoms with Gasteiger partial charge in [0.15, 0.2) is 5.78 Å². The van der Waals surface area contributed by atoms with E-state index in [1.807, 2.05) is 49.4 Å². The van der Waals surface area contributed by atoms with Crippen molar-refractivity contribution in [3.8, 4) is 17.1 Å². The van der Waals surface area contributed by atoms with Gasteiger partial charge in [-0.25, -0.2) is 4.98 Å². The smallest absolute Gasteiger partial charge is 0.213 e. The third-order valence-corrected chi connectivity index (χ3v) is 4.41. The fraction of sp³-hybridized carbons (Fsp3) is 0.250. The van der Waals surface area contributed by atoms with E-state index in [1.54, 1.807) is 13.2 Å². The van der Waals surface area contributed by atoms with Gasteiger partial charge >= 0.3 is 0 Å². The van der Waals surface area contributed by atoms with Crippen LogP contribution in [-0.4, -0.2) is 23.6 Å². The van der Waals surface area contributed by atoms with Gasteiger partial charge in [-0.15, -0.1) is 0 Å². The first kappa shape index (κ1) is 16.1. The van der Waals surface area contributed by atoms with Gasteiger partial charge in [-0.05, 0) is 30.9 Å². The number of allylic oxidation sites excluding steroid dienone is 2. The largest absolute Gasteiger partial charge is 0.481 e. The van der Waals surface area contributed by atoms with E-state index in [0.717, 1.165) is 16.8 Å². The van der Waals surface area contributed by atoms with Crippen LogP contribution in [0.3, 0.4) is 0 Å². The molecule has 0 saturated heterocycles. The van der Waals surface area contributed by atoms with Crippen LogP contribution in [0, 0.1) is 5.41 Å². The van der Waals surface area contributed by atoms with Crippen LogP contribution < -0.4 is 4.74 Å². The van der Waals surface area contributed by atoms with Crippen molar-refractivity contribution < 1.29 is 9.53 Å². The number of aromatic nitrogens is 1. The van der Waals surface area contributed by atoms with Crippen molar-refractivity contribution in [2.45, 2.75) is 25.7 Å². The van der Waals surface area contributed by atoms with Gasteiger partial charge in [-0.2, -0.15) is 0 Å². The Morgan fingerprint density at radius 1 is 1.17 bits per heavy atom. The molecule has 1 N–H and O–H groups in total. The predicted octanol–water partition coefficient (Wildman–Crippen LogP) is 4.17. The Bertz CT molecular complexity index is 804. The zero-order valence-corrected chi connectivity index (χ0v) is 13.9. The summed E-state index contributed by atoms with van der Waals surface area (Å²) in [5.74, 6) is 0.621. The SMILES string of the molecule is C/C=C1\C(=N)CC(c2ccccc2-c2cccc(OC)n2)CC1=O. The minimum Gasteiger partial charge on any atom is -0.481 e. The molecule has 0 spiro atoms. The Morgan fingerprint density at radius 3 is 2.67 bits per heavy atom. The molecule has 1 saturated carbocycles. The van der Waals surface area contributed by atoms with Crippen molar-refractivity contribution in [1.82, 2.24) is 4.98 Å². The maximum absolute atomic E-state index is 12.3. The minimum absolute atomic E-state index is 0.0119. The second kappa shape index (κ2) is 6.79. The molecule has 0 bridgehead atoms. The van der Waals surface area contributed by atoms with Crippen molar-refractivity contribution in [3.63, 3.8) is 0 Å². The van der Waals surface area contributed by atoms with E-state index in [0.29, 0.717) is 30.0 Å². The summed E-state index contributed by atoms with van der Waals surface area (Å²) >= 11 is 0. The molecule has 1 fully saturated rings. The number of nitrogens with zero attached hydrogens (tertiary/aromatic N) is 1. The van der Waals surface area contributed by atoms with Crippen LogP contribution in [0.1, 0.15) is 31.2 Å². The topological polar surface area (TPSA) is 63.0 Å². The number of ether oxygens (including phenoxy) is 1. The summed E-state index contributed by atoms with van der Waals surface area (Å²) in [6.45, 7) is 1.82. The average Bonchev–Trinajstić information content (AvgIpc) is 2.61. The Morgan fingerprint density at radius 2 is 1.96 bits per heavy atom. The van der Waals surface area contributed by atoms with Gasteiger partial charge in [0.1, 0.15) is 0 Å². The zero-order chi connectivity index (χ0) is 17.1. The van der Waals surface area contributed by atoms with E-state index in [-0.39, 0.29) is 11.7 Å². The summed E-state index contributed by atoms with van der Waals surface area (Å²) in [7, 11) is 1.60. The van der Waals surface area contributed by atoms with Gasteiger partial charge in [0.25, 0.3) is 0 Å². The Balaban J connectivity index is 2.01. The molecule has 0 radical (unpaired) electrons. The summed E-state index contributed by atoms with van der Waals surface area (Å²) < 4.78 is 5.22. The van der Waals surface area contributed by atoms with Crippen molar-refractivity contribution in [3.05, 3.63) is 59.7 Å². The molecule has 1 unspecified atom stereocenters. The molecule has 122 valence electrons. The van der Waals surface area contributed by atoms with E-state index in [2.05, 4.69) is 4.98 Å². The molecule has 1 atom stereocenters. The first-order valence-corrected chi connectivity index (χ1v) is 8.01. The molecule has 1 aliphatic rings. The molecular weight excluding hydrogens is 300 g/mol.